The number of H-pyrrole nitrogens is 1. The molecule has 1 heterocycles. The molecule has 2 rings (SSSR count). The first kappa shape index (κ1) is 12.6. The molecule has 0 saturated heterocycles. The van der Waals surface area contributed by atoms with Crippen LogP contribution in [0.1, 0.15) is 17.1 Å². The van der Waals surface area contributed by atoms with Gasteiger partial charge in [0.25, 0.3) is 0 Å². The fourth-order valence-corrected chi connectivity index (χ4v) is 1.74. The van der Waals surface area contributed by atoms with Gasteiger partial charge in [0, 0.05) is 11.3 Å². The van der Waals surface area contributed by atoms with Crippen molar-refractivity contribution in [3.8, 4) is 11.3 Å². The summed E-state index contributed by atoms with van der Waals surface area (Å²) in [6.45, 7) is 1.97. The first-order valence-electron chi connectivity index (χ1n) is 5.35. The van der Waals surface area contributed by atoms with Crippen molar-refractivity contribution in [2.75, 3.05) is 0 Å². The lowest BCUT2D eigenvalue weighted by Crippen LogP contribution is -2.04. The summed E-state index contributed by atoms with van der Waals surface area (Å²) < 4.78 is 37.8. The minimum absolute atomic E-state index is 0.222. The number of alkyl halides is 3. The van der Waals surface area contributed by atoms with Crippen LogP contribution in [0, 0.1) is 6.92 Å². The third kappa shape index (κ3) is 2.38. The first-order valence-corrected chi connectivity index (χ1v) is 5.35. The number of aromatic amines is 1. The largest absolute Gasteiger partial charge is 0.416 e. The Morgan fingerprint density at radius 2 is 2.06 bits per heavy atom. The molecule has 0 atom stereocenters. The highest BCUT2D eigenvalue weighted by Crippen LogP contribution is 2.32. The molecule has 0 radical (unpaired) electrons. The summed E-state index contributed by atoms with van der Waals surface area (Å²) in [7, 11) is 0. The van der Waals surface area contributed by atoms with Gasteiger partial charge in [-0.25, -0.2) is 4.98 Å². The van der Waals surface area contributed by atoms with E-state index in [-0.39, 0.29) is 6.54 Å². The van der Waals surface area contributed by atoms with Gasteiger partial charge in [0.15, 0.2) is 0 Å². The maximum atomic E-state index is 12.6. The summed E-state index contributed by atoms with van der Waals surface area (Å²) in [4.78, 5) is 7.11. The fourth-order valence-electron chi connectivity index (χ4n) is 1.74. The molecule has 1 aromatic carbocycles. The average Bonchev–Trinajstić information content (AvgIpc) is 2.70. The number of aromatic nitrogens is 2. The number of hydrogen-bond donors (Lipinski definition) is 2. The molecule has 0 bridgehead atoms. The third-order valence-corrected chi connectivity index (χ3v) is 2.59. The van der Waals surface area contributed by atoms with E-state index in [1.54, 1.807) is 13.0 Å². The van der Waals surface area contributed by atoms with Crippen molar-refractivity contribution in [3.63, 3.8) is 0 Å². The van der Waals surface area contributed by atoms with Gasteiger partial charge >= 0.3 is 6.18 Å². The van der Waals surface area contributed by atoms with Crippen LogP contribution in [-0.2, 0) is 12.7 Å². The molecule has 2 aromatic rings. The van der Waals surface area contributed by atoms with Crippen LogP contribution in [0.5, 0.6) is 0 Å². The van der Waals surface area contributed by atoms with E-state index in [1.165, 1.54) is 6.07 Å². The normalized spacial score (nSPS) is 11.8. The number of imidazole rings is 1. The number of nitrogens with zero attached hydrogens (tertiary/aromatic N) is 1. The van der Waals surface area contributed by atoms with E-state index in [9.17, 15) is 13.2 Å². The summed E-state index contributed by atoms with van der Waals surface area (Å²) >= 11 is 0. The summed E-state index contributed by atoms with van der Waals surface area (Å²) in [5.41, 5.74) is 6.39. The van der Waals surface area contributed by atoms with Crippen LogP contribution < -0.4 is 5.73 Å². The smallest absolute Gasteiger partial charge is 0.344 e. The molecule has 0 spiro atoms. The monoisotopic (exact) mass is 255 g/mol. The van der Waals surface area contributed by atoms with Crippen molar-refractivity contribution in [2.24, 2.45) is 5.73 Å². The number of aryl methyl sites for hydroxylation is 1. The molecule has 18 heavy (non-hydrogen) atoms. The van der Waals surface area contributed by atoms with Crippen molar-refractivity contribution in [2.45, 2.75) is 19.6 Å². The van der Waals surface area contributed by atoms with Crippen LogP contribution in [0.3, 0.4) is 0 Å². The first-order chi connectivity index (χ1) is 8.41. The predicted molar refractivity (Wildman–Crippen MR) is 61.7 cm³/mol. The zero-order valence-electron chi connectivity index (χ0n) is 9.67. The van der Waals surface area contributed by atoms with Gasteiger partial charge in [-0.2, -0.15) is 13.2 Å². The number of nitrogens with two attached hydrogens (primary N) is 1. The molecule has 96 valence electrons. The number of nitrogens with one attached hydrogen (secondary N) is 1. The molecule has 0 saturated carbocycles. The van der Waals surface area contributed by atoms with Gasteiger partial charge in [0.05, 0.1) is 17.8 Å². The molecule has 0 aliphatic heterocycles. The molecule has 0 fully saturated rings. The topological polar surface area (TPSA) is 54.7 Å². The Morgan fingerprint density at radius 3 is 2.61 bits per heavy atom. The second-order valence-corrected chi connectivity index (χ2v) is 3.94. The van der Waals surface area contributed by atoms with Gasteiger partial charge in [-0.05, 0) is 19.1 Å². The Hall–Kier alpha value is -1.82. The number of benzene rings is 1. The summed E-state index contributed by atoms with van der Waals surface area (Å²) in [5, 5.41) is 0. The zero-order valence-corrected chi connectivity index (χ0v) is 9.67. The van der Waals surface area contributed by atoms with E-state index in [2.05, 4.69) is 9.97 Å². The summed E-state index contributed by atoms with van der Waals surface area (Å²) in [6.07, 6.45) is -4.35. The molecule has 0 amide bonds. The molecule has 0 unspecified atom stereocenters. The van der Waals surface area contributed by atoms with Crippen molar-refractivity contribution in [1.82, 2.24) is 9.97 Å². The predicted octanol–water partition coefficient (Wildman–Crippen LogP) is 2.86. The van der Waals surface area contributed by atoms with Crippen molar-refractivity contribution in [3.05, 3.63) is 41.3 Å². The van der Waals surface area contributed by atoms with Crippen molar-refractivity contribution < 1.29 is 13.2 Å². The maximum Gasteiger partial charge on any atom is 0.416 e. The summed E-state index contributed by atoms with van der Waals surface area (Å²) in [6, 6.07) is 5.09. The Labute approximate surface area is 102 Å². The van der Waals surface area contributed by atoms with Gasteiger partial charge < -0.3 is 10.7 Å². The van der Waals surface area contributed by atoms with Gasteiger partial charge in [0.2, 0.25) is 0 Å². The Morgan fingerprint density at radius 1 is 1.33 bits per heavy atom. The van der Waals surface area contributed by atoms with Gasteiger partial charge in [-0.3, -0.25) is 0 Å². The average molecular weight is 255 g/mol. The van der Waals surface area contributed by atoms with E-state index in [0.717, 1.165) is 12.1 Å². The molecule has 6 heteroatoms. The lowest BCUT2D eigenvalue weighted by molar-refractivity contribution is -0.137. The fraction of sp³-hybridized carbons (Fsp3) is 0.250. The van der Waals surface area contributed by atoms with Gasteiger partial charge in [0.1, 0.15) is 5.82 Å². The standard InChI is InChI=1S/C12H12F3N3/c1-7-11(18-10(6-16)17-7)8-3-2-4-9(5-8)12(13,14)15/h2-5H,6,16H2,1H3,(H,17,18). The van der Waals surface area contributed by atoms with E-state index < -0.39 is 11.7 Å². The van der Waals surface area contributed by atoms with Crippen LogP contribution in [0.15, 0.2) is 24.3 Å². The van der Waals surface area contributed by atoms with Crippen molar-refractivity contribution >= 4 is 0 Å². The van der Waals surface area contributed by atoms with Crippen LogP contribution in [0.25, 0.3) is 11.3 Å². The third-order valence-electron chi connectivity index (χ3n) is 2.59. The molecular weight excluding hydrogens is 243 g/mol. The molecule has 3 N–H and O–H groups in total. The van der Waals surface area contributed by atoms with Crippen LogP contribution in [-0.4, -0.2) is 9.97 Å². The SMILES string of the molecule is Cc1[nH]c(CN)nc1-c1cccc(C(F)(F)F)c1. The number of rotatable bonds is 2. The second-order valence-electron chi connectivity index (χ2n) is 3.94. The second kappa shape index (κ2) is 4.45. The molecular formula is C12H12F3N3. The Bertz CT molecular complexity index is 558. The van der Waals surface area contributed by atoms with E-state index in [1.807, 2.05) is 0 Å². The summed E-state index contributed by atoms with van der Waals surface area (Å²) in [5.74, 6) is 0.555. The van der Waals surface area contributed by atoms with E-state index in [0.29, 0.717) is 22.8 Å². The Balaban J connectivity index is 2.47. The minimum Gasteiger partial charge on any atom is -0.344 e. The molecule has 3 nitrogen and oxygen atoms in total. The molecule has 0 aliphatic rings. The maximum absolute atomic E-state index is 12.6. The minimum atomic E-state index is -4.35. The highest BCUT2D eigenvalue weighted by atomic mass is 19.4. The van der Waals surface area contributed by atoms with Crippen LogP contribution >= 0.6 is 0 Å². The zero-order chi connectivity index (χ0) is 13.3. The lowest BCUT2D eigenvalue weighted by atomic mass is 10.1. The van der Waals surface area contributed by atoms with Gasteiger partial charge in [-0.15, -0.1) is 0 Å². The quantitative estimate of drug-likeness (QED) is 0.866. The van der Waals surface area contributed by atoms with Crippen molar-refractivity contribution in [1.29, 1.82) is 0 Å². The van der Waals surface area contributed by atoms with Gasteiger partial charge in [-0.1, -0.05) is 12.1 Å². The van der Waals surface area contributed by atoms with E-state index >= 15 is 0 Å². The number of halogens is 3. The highest BCUT2D eigenvalue weighted by Gasteiger charge is 2.30. The number of hydrogen-bond acceptors (Lipinski definition) is 2. The highest BCUT2D eigenvalue weighted by molar-refractivity contribution is 5.63. The van der Waals surface area contributed by atoms with Crippen LogP contribution in [0.4, 0.5) is 13.2 Å². The lowest BCUT2D eigenvalue weighted by Gasteiger charge is -2.07. The Kier molecular flexibility index (Phi) is 3.13. The molecule has 1 aromatic heterocycles. The molecule has 0 aliphatic carbocycles. The van der Waals surface area contributed by atoms with Crippen LogP contribution in [0.2, 0.25) is 0 Å². The van der Waals surface area contributed by atoms with E-state index in [4.69, 9.17) is 5.73 Å².